The minimum absolute atomic E-state index is 0.00833. The van der Waals surface area contributed by atoms with Gasteiger partial charge < -0.3 is 16.0 Å². The Hall–Kier alpha value is -17.5. The number of hydrogen-bond acceptors (Lipinski definition) is 10. The Morgan fingerprint density at radius 2 is 0.329 bits per heavy atom. The molecule has 0 heterocycles. The van der Waals surface area contributed by atoms with Gasteiger partial charge >= 0.3 is 0 Å². The number of hydrogen-bond donors (Lipinski definition) is 3. The molecule has 0 aliphatic heterocycles. The molecule has 13 heteroatoms. The van der Waals surface area contributed by atoms with Gasteiger partial charge in [0.1, 0.15) is 17.3 Å². The molecule has 0 spiro atoms. The van der Waals surface area contributed by atoms with Crippen molar-refractivity contribution < 1.29 is 28.8 Å². The summed E-state index contributed by atoms with van der Waals surface area (Å²) < 4.78 is 0.257. The van der Waals surface area contributed by atoms with Gasteiger partial charge in [0.15, 0.2) is 0 Å². The molecule has 0 bridgehead atoms. The lowest BCUT2D eigenvalue weighted by Crippen LogP contribution is -2.37. The van der Waals surface area contributed by atoms with Crippen LogP contribution in [0.4, 0.5) is 0 Å². The Morgan fingerprint density at radius 3 is 0.486 bits per heavy atom. The highest BCUT2D eigenvalue weighted by atomic mass is 32.2. The van der Waals surface area contributed by atoms with Crippen molar-refractivity contribution in [1.29, 1.82) is 0 Å². The predicted molar refractivity (Wildman–Crippen MR) is 587 cm³/mol. The molecule has 0 fully saturated rings. The van der Waals surface area contributed by atoms with E-state index in [9.17, 15) is 28.8 Å². The first-order valence-electron chi connectivity index (χ1n) is 42.2. The Labute approximate surface area is 860 Å². The summed E-state index contributed by atoms with van der Waals surface area (Å²) in [5.41, 5.74) is 0.446. The van der Waals surface area contributed by atoms with Crippen molar-refractivity contribution in [3.63, 3.8) is 0 Å². The van der Waals surface area contributed by atoms with Crippen LogP contribution >= 0.6 is 47.0 Å². The summed E-state index contributed by atoms with van der Waals surface area (Å²) in [6.07, 6.45) is 13.6. The van der Waals surface area contributed by atoms with E-state index in [1.807, 2.05) is 33.3 Å². The van der Waals surface area contributed by atoms with Gasteiger partial charge in [-0.2, -0.15) is 47.0 Å². The smallest absolute Gasteiger partial charge is 0.220 e. The number of rotatable bonds is 23. The lowest BCUT2D eigenvalue weighted by molar-refractivity contribution is -0.126. The van der Waals surface area contributed by atoms with Crippen molar-refractivity contribution in [2.75, 3.05) is 44.7 Å². The average molecular weight is 1900 g/mol. The maximum atomic E-state index is 11.7. The quantitative estimate of drug-likeness (QED) is 0.0848. The van der Waals surface area contributed by atoms with E-state index >= 15 is 0 Å². The maximum absolute atomic E-state index is 11.7. The Kier molecular flexibility index (Phi) is 81.3. The van der Waals surface area contributed by atoms with Crippen molar-refractivity contribution in [2.24, 2.45) is 21.7 Å². The summed E-state index contributed by atoms with van der Waals surface area (Å²) in [6.45, 7) is 47.3. The first kappa shape index (κ1) is 131. The van der Waals surface area contributed by atoms with Crippen LogP contribution in [-0.4, -0.2) is 98.7 Å². The minimum atomic E-state index is -0.0288. The second kappa shape index (κ2) is 86.9. The van der Waals surface area contributed by atoms with Crippen LogP contribution in [0.5, 0.6) is 0 Å². The van der Waals surface area contributed by atoms with E-state index in [-0.39, 0.29) is 69.9 Å². The van der Waals surface area contributed by atoms with Crippen LogP contribution in [0.25, 0.3) is 0 Å². The van der Waals surface area contributed by atoms with Gasteiger partial charge in [0.25, 0.3) is 0 Å². The number of nitrogens with one attached hydrogen (secondary N) is 3. The van der Waals surface area contributed by atoms with Gasteiger partial charge in [-0.1, -0.05) is 123 Å². The van der Waals surface area contributed by atoms with E-state index in [1.165, 1.54) is 0 Å². The molecule has 0 saturated heterocycles. The fraction of sp³-hybridized carbons (Fsp3) is 0.370. The number of thioether (sulfide) groups is 4. The van der Waals surface area contributed by atoms with Crippen molar-refractivity contribution in [2.45, 2.75) is 236 Å². The summed E-state index contributed by atoms with van der Waals surface area (Å²) in [5, 5.41) is 8.71. The highest BCUT2D eigenvalue weighted by Gasteiger charge is 2.25. The molecule has 0 radical (unpaired) electrons. The molecule has 0 rings (SSSR count). The zero-order valence-corrected chi connectivity index (χ0v) is 88.0. The molecule has 0 saturated carbocycles. The molecule has 0 atom stereocenters. The predicted octanol–water partition coefficient (Wildman–Crippen LogP) is 13.8. The van der Waals surface area contributed by atoms with Crippen molar-refractivity contribution in [3.05, 3.63) is 0 Å². The third-order valence-electron chi connectivity index (χ3n) is 14.2. The van der Waals surface area contributed by atoms with Crippen LogP contribution in [0, 0.1) is 460 Å². The van der Waals surface area contributed by atoms with Gasteiger partial charge in [-0.05, 0) is 189 Å². The van der Waals surface area contributed by atoms with E-state index in [0.717, 1.165) is 19.4 Å². The Morgan fingerprint density at radius 1 is 0.171 bits per heavy atom. The number of carbonyl (C=O) groups is 6. The third-order valence-corrected chi connectivity index (χ3v) is 19.2. The van der Waals surface area contributed by atoms with Gasteiger partial charge in [0.05, 0.1) is 0 Å². The standard InChI is InChI=1S/C76H6.2C14H27NO2S.C12H24OS.C11H23NOS/c1-3-5-7-9-11-13-15-17-19-21-23-25-27-29-31-33-35-37-39-41-43-45-47-49-51-53-55-57-59-61-63-65-67-69-71-73-75-76-74-72-70-68-66-64-62-60-58-56-54-52-50-48-46-44-42-40-38-36-34-32-30-28-26-24-22-20-18-16-14-12-10-8-6-4-2;1-13(2,3)10-15-12(17)8-7-11(16)9-14(4,5)18-6;1-13(2,3)9-11(16)7-8-12(17)15-10-14(4,5)18-6;1-11(2,3)8-7-10(13)9-12(4,5)14-6;1-10(2,3)7-9(13)12-8-11(4,5)14-6/h1-2H3;2*7-10H2,1-6H3,(H,15,17);7-9H2,1-6H3;7-8H2,1-6H3,(H,12,13). The fourth-order valence-corrected chi connectivity index (χ4v) is 8.18. The van der Waals surface area contributed by atoms with Crippen molar-refractivity contribution >= 4 is 82.1 Å². The van der Waals surface area contributed by atoms with Crippen LogP contribution in [0.15, 0.2) is 0 Å². The van der Waals surface area contributed by atoms with E-state index in [1.54, 1.807) is 60.9 Å². The molecule has 0 aliphatic carbocycles. The number of Topliss-reactive ketones (excluding diaryl/α,β-unsaturated/α-hetero) is 3. The van der Waals surface area contributed by atoms with Crippen LogP contribution < -0.4 is 16.0 Å². The van der Waals surface area contributed by atoms with Gasteiger partial charge in [-0.25, -0.2) is 0 Å². The van der Waals surface area contributed by atoms with E-state index < -0.39 is 0 Å². The molecule has 0 aromatic heterocycles. The summed E-state index contributed by atoms with van der Waals surface area (Å²) in [4.78, 5) is 69.7. The van der Waals surface area contributed by atoms with Gasteiger partial charge in [-0.3, -0.25) is 28.8 Å². The molecule has 690 valence electrons. The Bertz CT molecular complexity index is 6810. The van der Waals surface area contributed by atoms with Crippen LogP contribution in [0.3, 0.4) is 0 Å². The van der Waals surface area contributed by atoms with E-state index in [0.29, 0.717) is 70.2 Å². The lowest BCUT2D eigenvalue weighted by atomic mass is 9.88. The highest BCUT2D eigenvalue weighted by molar-refractivity contribution is 8.00. The fourth-order valence-electron chi connectivity index (χ4n) is 7.14. The largest absolute Gasteiger partial charge is 0.356 e. The SMILES string of the molecule is CC#CC#CC#CC#CC#CC#CC#CC#CC#CC#CC#CC#CC#CC#CC#CC#CC#CC#CC#CC#CC#CC#CC#CC#CC#CC#CC#CC#CC#CC#CC#CC#CC#CC#CC#CC#CC#CC.CSC(C)(C)CC(=O)CCC(=O)NCC(C)(C)C.CSC(C)(C)CC(=O)CCC(C)(C)C.CSC(C)(C)CNC(=O)CC(C)(C)C.CSC(C)(C)CNC(=O)CCC(=O)CC(C)(C)C. The molecule has 0 unspecified atom stereocenters. The van der Waals surface area contributed by atoms with E-state index in [4.69, 9.17) is 0 Å². The Balaban J connectivity index is -0.000000746. The first-order chi connectivity index (χ1) is 66.3. The summed E-state index contributed by atoms with van der Waals surface area (Å²) in [6, 6.07) is 0. The second-order valence-electron chi connectivity index (χ2n) is 33.8. The average Bonchev–Trinajstić information content (AvgIpc) is 0.937. The molecule has 0 aromatic carbocycles. The molecule has 3 N–H and O–H groups in total. The number of ketones is 3. The summed E-state index contributed by atoms with van der Waals surface area (Å²) >= 11 is 6.94. The molecule has 0 aromatic rings. The molecule has 140 heavy (non-hydrogen) atoms. The second-order valence-corrected chi connectivity index (χ2v) is 39.8. The summed E-state index contributed by atoms with van der Waals surface area (Å²) in [5.74, 6) is 186. The topological polar surface area (TPSA) is 139 Å². The number of carbonyl (C=O) groups excluding carboxylic acids is 6. The monoisotopic (exact) mass is 1900 g/mol. The van der Waals surface area contributed by atoms with Crippen LogP contribution in [-0.2, 0) is 28.8 Å². The highest BCUT2D eigenvalue weighted by Crippen LogP contribution is 2.29. The van der Waals surface area contributed by atoms with Gasteiger partial charge in [0, 0.05) is 428 Å². The molecule has 9 nitrogen and oxygen atoms in total. The molecular formula is C127H107N3O6S4. The third kappa shape index (κ3) is 117. The van der Waals surface area contributed by atoms with Crippen molar-refractivity contribution in [3.8, 4) is 438 Å². The van der Waals surface area contributed by atoms with E-state index in [2.05, 4.69) is 584 Å². The molecular weight excluding hydrogens is 1790 g/mol. The zero-order chi connectivity index (χ0) is 106. The van der Waals surface area contributed by atoms with Crippen LogP contribution in [0.1, 0.15) is 217 Å². The van der Waals surface area contributed by atoms with Gasteiger partial charge in [-0.15, -0.1) is 0 Å². The lowest BCUT2D eigenvalue weighted by Gasteiger charge is -2.24. The van der Waals surface area contributed by atoms with Gasteiger partial charge in [0.2, 0.25) is 17.7 Å². The maximum Gasteiger partial charge on any atom is 0.220 e. The van der Waals surface area contributed by atoms with Crippen molar-refractivity contribution in [1.82, 2.24) is 16.0 Å². The minimum Gasteiger partial charge on any atom is -0.356 e. The molecule has 3 amide bonds. The zero-order valence-electron chi connectivity index (χ0n) is 84.8. The molecule has 0 aliphatic rings. The normalized spacial score (nSPS) is 7.90. The number of amides is 3. The summed E-state index contributed by atoms with van der Waals surface area (Å²) in [7, 11) is 0. The first-order valence-corrected chi connectivity index (χ1v) is 47.1. The van der Waals surface area contributed by atoms with Crippen LogP contribution in [0.2, 0.25) is 0 Å².